The van der Waals surface area contributed by atoms with Gasteiger partial charge in [0.2, 0.25) is 0 Å². The van der Waals surface area contributed by atoms with Crippen LogP contribution in [0, 0.1) is 0 Å². The van der Waals surface area contributed by atoms with Crippen molar-refractivity contribution in [2.45, 2.75) is 11.3 Å². The first-order chi connectivity index (χ1) is 15.0. The maximum Gasteiger partial charge on any atom is 0.255 e. The van der Waals surface area contributed by atoms with E-state index in [1.54, 1.807) is 36.0 Å². The number of benzene rings is 3. The Kier molecular flexibility index (Phi) is 8.32. The molecular formula is C24H24N2O3S2. The lowest BCUT2D eigenvalue weighted by Crippen LogP contribution is -2.24. The van der Waals surface area contributed by atoms with Gasteiger partial charge in [-0.3, -0.25) is 9.52 Å². The van der Waals surface area contributed by atoms with Crippen LogP contribution in [0.25, 0.3) is 6.08 Å². The van der Waals surface area contributed by atoms with Gasteiger partial charge in [0.15, 0.2) is 0 Å². The van der Waals surface area contributed by atoms with Gasteiger partial charge in [0.05, 0.1) is 5.41 Å². The second kappa shape index (κ2) is 11.4. The zero-order valence-electron chi connectivity index (χ0n) is 16.9. The number of rotatable bonds is 10. The average Bonchev–Trinajstić information content (AvgIpc) is 2.79. The summed E-state index contributed by atoms with van der Waals surface area (Å²) < 4.78 is 26.9. The van der Waals surface area contributed by atoms with Crippen LogP contribution in [0.15, 0.2) is 95.2 Å². The largest absolute Gasteiger partial charge is 0.352 e. The number of hydrogen-bond acceptors (Lipinski definition) is 4. The maximum absolute atomic E-state index is 12.3. The standard InChI is InChI=1S/C24H24N2O3S2/c27-24(25-17-7-18-30-23-10-5-2-6-11-23)21-12-14-22(15-13-21)26-31(28,29)19-16-20-8-3-1-4-9-20/h1-6,8-16,19,26H,7,17-18H2,(H,25,27)/b19-16+. The summed E-state index contributed by atoms with van der Waals surface area (Å²) in [4.78, 5) is 13.5. The van der Waals surface area contributed by atoms with Gasteiger partial charge in [-0.25, -0.2) is 8.42 Å². The molecule has 0 aliphatic heterocycles. The number of carbonyl (C=O) groups excluding carboxylic acids is 1. The van der Waals surface area contributed by atoms with Crippen LogP contribution in [-0.4, -0.2) is 26.6 Å². The molecule has 3 rings (SSSR count). The molecule has 0 saturated heterocycles. The van der Waals surface area contributed by atoms with E-state index in [-0.39, 0.29) is 5.91 Å². The van der Waals surface area contributed by atoms with Gasteiger partial charge >= 0.3 is 0 Å². The third kappa shape index (κ3) is 7.96. The molecule has 31 heavy (non-hydrogen) atoms. The number of hydrogen-bond donors (Lipinski definition) is 2. The highest BCUT2D eigenvalue weighted by atomic mass is 32.2. The minimum absolute atomic E-state index is 0.178. The highest BCUT2D eigenvalue weighted by Crippen LogP contribution is 2.17. The van der Waals surface area contributed by atoms with Crippen molar-refractivity contribution in [2.75, 3.05) is 17.0 Å². The van der Waals surface area contributed by atoms with Crippen molar-refractivity contribution in [3.8, 4) is 0 Å². The minimum Gasteiger partial charge on any atom is -0.352 e. The second-order valence-corrected chi connectivity index (χ2v) is 9.44. The molecule has 0 heterocycles. The van der Waals surface area contributed by atoms with E-state index in [1.807, 2.05) is 48.5 Å². The zero-order chi connectivity index (χ0) is 21.9. The molecule has 160 valence electrons. The number of nitrogens with one attached hydrogen (secondary N) is 2. The third-order valence-electron chi connectivity index (χ3n) is 4.27. The van der Waals surface area contributed by atoms with Crippen LogP contribution in [0.3, 0.4) is 0 Å². The molecule has 0 spiro atoms. The monoisotopic (exact) mass is 452 g/mol. The maximum atomic E-state index is 12.3. The van der Waals surface area contributed by atoms with E-state index in [4.69, 9.17) is 0 Å². The van der Waals surface area contributed by atoms with Crippen molar-refractivity contribution in [1.82, 2.24) is 5.32 Å². The van der Waals surface area contributed by atoms with Gasteiger partial charge in [-0.2, -0.15) is 0 Å². The Morgan fingerprint density at radius 3 is 2.19 bits per heavy atom. The molecule has 0 fully saturated rings. The molecule has 0 aliphatic carbocycles. The number of amides is 1. The summed E-state index contributed by atoms with van der Waals surface area (Å²) in [6, 6.07) is 25.7. The Bertz CT molecular complexity index is 1100. The van der Waals surface area contributed by atoms with Crippen molar-refractivity contribution in [3.63, 3.8) is 0 Å². The Balaban J connectivity index is 1.44. The predicted molar refractivity (Wildman–Crippen MR) is 129 cm³/mol. The quantitative estimate of drug-likeness (QED) is 0.335. The lowest BCUT2D eigenvalue weighted by Gasteiger charge is -2.07. The summed E-state index contributed by atoms with van der Waals surface area (Å²) in [7, 11) is -3.64. The predicted octanol–water partition coefficient (Wildman–Crippen LogP) is 5.01. The molecule has 7 heteroatoms. The molecule has 0 aromatic heterocycles. The fourth-order valence-electron chi connectivity index (χ4n) is 2.70. The summed E-state index contributed by atoms with van der Waals surface area (Å²) in [6.07, 6.45) is 2.39. The van der Waals surface area contributed by atoms with E-state index in [9.17, 15) is 13.2 Å². The first-order valence-electron chi connectivity index (χ1n) is 9.84. The lowest BCUT2D eigenvalue weighted by molar-refractivity contribution is 0.0954. The highest BCUT2D eigenvalue weighted by Gasteiger charge is 2.08. The summed E-state index contributed by atoms with van der Waals surface area (Å²) >= 11 is 1.76. The van der Waals surface area contributed by atoms with Crippen molar-refractivity contribution in [1.29, 1.82) is 0 Å². The first kappa shape index (κ1) is 22.7. The lowest BCUT2D eigenvalue weighted by atomic mass is 10.2. The Morgan fingerprint density at radius 2 is 1.52 bits per heavy atom. The van der Waals surface area contributed by atoms with Crippen LogP contribution in [0.5, 0.6) is 0 Å². The van der Waals surface area contributed by atoms with Gasteiger partial charge in [0.1, 0.15) is 0 Å². The van der Waals surface area contributed by atoms with E-state index in [1.165, 1.54) is 11.0 Å². The normalized spacial score (nSPS) is 11.4. The first-order valence-corrected chi connectivity index (χ1v) is 12.4. The smallest absolute Gasteiger partial charge is 0.255 e. The molecular weight excluding hydrogens is 428 g/mol. The molecule has 0 aliphatic rings. The molecule has 5 nitrogen and oxygen atoms in total. The highest BCUT2D eigenvalue weighted by molar-refractivity contribution is 7.99. The fourth-order valence-corrected chi connectivity index (χ4v) is 4.45. The van der Waals surface area contributed by atoms with E-state index in [0.29, 0.717) is 17.8 Å². The Labute approximate surface area is 187 Å². The second-order valence-electron chi connectivity index (χ2n) is 6.71. The van der Waals surface area contributed by atoms with Crippen LogP contribution < -0.4 is 10.0 Å². The summed E-state index contributed by atoms with van der Waals surface area (Å²) in [5.41, 5.74) is 1.68. The van der Waals surface area contributed by atoms with Crippen molar-refractivity contribution < 1.29 is 13.2 Å². The van der Waals surface area contributed by atoms with Crippen LogP contribution >= 0.6 is 11.8 Å². The molecule has 0 radical (unpaired) electrons. The van der Waals surface area contributed by atoms with Gasteiger partial charge in [-0.05, 0) is 60.2 Å². The van der Waals surface area contributed by atoms with Gasteiger partial charge in [-0.15, -0.1) is 11.8 Å². The molecule has 0 atom stereocenters. The molecule has 1 amide bonds. The molecule has 0 bridgehead atoms. The van der Waals surface area contributed by atoms with Gasteiger partial charge in [-0.1, -0.05) is 48.5 Å². The van der Waals surface area contributed by atoms with E-state index >= 15 is 0 Å². The SMILES string of the molecule is O=C(NCCCSc1ccccc1)c1ccc(NS(=O)(=O)/C=C/c2ccccc2)cc1. The minimum atomic E-state index is -3.64. The number of thioether (sulfide) groups is 1. The van der Waals surface area contributed by atoms with Gasteiger partial charge < -0.3 is 5.32 Å². The fraction of sp³-hybridized carbons (Fsp3) is 0.125. The third-order valence-corrected chi connectivity index (χ3v) is 6.38. The van der Waals surface area contributed by atoms with Gasteiger partial charge in [0.25, 0.3) is 15.9 Å². The molecule has 0 unspecified atom stereocenters. The van der Waals surface area contributed by atoms with Crippen molar-refractivity contribution >= 4 is 39.5 Å². The Hall–Kier alpha value is -3.03. The average molecular weight is 453 g/mol. The number of anilines is 1. The molecule has 2 N–H and O–H groups in total. The molecule has 0 saturated carbocycles. The Morgan fingerprint density at radius 1 is 0.871 bits per heavy atom. The van der Waals surface area contributed by atoms with E-state index in [0.717, 1.165) is 23.1 Å². The summed E-state index contributed by atoms with van der Waals surface area (Å²) in [6.45, 7) is 0.581. The van der Waals surface area contributed by atoms with Gasteiger partial charge in [0, 0.05) is 22.7 Å². The van der Waals surface area contributed by atoms with Crippen LogP contribution in [0.2, 0.25) is 0 Å². The van der Waals surface area contributed by atoms with Crippen LogP contribution in [0.4, 0.5) is 5.69 Å². The summed E-state index contributed by atoms with van der Waals surface area (Å²) in [5.74, 6) is 0.740. The molecule has 3 aromatic carbocycles. The van der Waals surface area contributed by atoms with Crippen LogP contribution in [0.1, 0.15) is 22.3 Å². The summed E-state index contributed by atoms with van der Waals surface area (Å²) in [5, 5.41) is 4.01. The van der Waals surface area contributed by atoms with E-state index in [2.05, 4.69) is 22.2 Å². The van der Waals surface area contributed by atoms with E-state index < -0.39 is 10.0 Å². The molecule has 3 aromatic rings. The number of sulfonamides is 1. The van der Waals surface area contributed by atoms with Crippen molar-refractivity contribution in [3.05, 3.63) is 101 Å². The zero-order valence-corrected chi connectivity index (χ0v) is 18.5. The van der Waals surface area contributed by atoms with Crippen LogP contribution in [-0.2, 0) is 10.0 Å². The van der Waals surface area contributed by atoms with Crippen molar-refractivity contribution in [2.24, 2.45) is 0 Å². The topological polar surface area (TPSA) is 75.3 Å². The number of carbonyl (C=O) groups is 1.